The minimum Gasteiger partial charge on any atom is -0.384 e. The quantitative estimate of drug-likeness (QED) is 0.731. The van der Waals surface area contributed by atoms with Crippen molar-refractivity contribution < 1.29 is 4.74 Å². The first kappa shape index (κ1) is 10.7. The predicted octanol–water partition coefficient (Wildman–Crippen LogP) is 0.896. The molecule has 1 unspecified atom stereocenters. The number of ether oxygens (including phenoxy) is 1. The van der Waals surface area contributed by atoms with Gasteiger partial charge in [-0.15, -0.1) is 0 Å². The number of anilines is 2. The lowest BCUT2D eigenvalue weighted by atomic mass is 10.4. The smallest absolute Gasteiger partial charge is 0.224 e. The Balaban J connectivity index is 2.37. The largest absolute Gasteiger partial charge is 0.384 e. The van der Waals surface area contributed by atoms with E-state index in [1.54, 1.807) is 12.3 Å². The van der Waals surface area contributed by atoms with E-state index in [0.717, 1.165) is 0 Å². The maximum atomic E-state index is 5.50. The minimum absolute atomic E-state index is 0.144. The highest BCUT2D eigenvalue weighted by molar-refractivity contribution is 5.34. The third-order valence-corrected chi connectivity index (χ3v) is 1.68. The van der Waals surface area contributed by atoms with Gasteiger partial charge in [-0.3, -0.25) is 0 Å². The van der Waals surface area contributed by atoms with E-state index in [1.807, 2.05) is 13.8 Å². The van der Waals surface area contributed by atoms with Gasteiger partial charge in [0.05, 0.1) is 6.10 Å². The van der Waals surface area contributed by atoms with Gasteiger partial charge in [-0.25, -0.2) is 4.98 Å². The van der Waals surface area contributed by atoms with Crippen molar-refractivity contribution in [1.82, 2.24) is 9.97 Å². The molecule has 0 aliphatic carbocycles. The average molecular weight is 196 g/mol. The lowest BCUT2D eigenvalue weighted by molar-refractivity contribution is 0.0854. The molecule has 14 heavy (non-hydrogen) atoms. The summed E-state index contributed by atoms with van der Waals surface area (Å²) in [7, 11) is 0. The molecule has 5 nitrogen and oxygen atoms in total. The molecule has 1 aromatic rings. The van der Waals surface area contributed by atoms with Gasteiger partial charge in [-0.05, 0) is 19.9 Å². The van der Waals surface area contributed by atoms with Gasteiger partial charge in [0.25, 0.3) is 0 Å². The zero-order valence-corrected chi connectivity index (χ0v) is 8.53. The number of nitrogens with two attached hydrogens (primary N) is 1. The summed E-state index contributed by atoms with van der Waals surface area (Å²) in [5.74, 6) is 1.00. The molecule has 0 amide bonds. The zero-order chi connectivity index (χ0) is 10.4. The van der Waals surface area contributed by atoms with E-state index < -0.39 is 0 Å². The van der Waals surface area contributed by atoms with Crippen LogP contribution in [0.3, 0.4) is 0 Å². The monoisotopic (exact) mass is 196 g/mol. The fourth-order valence-corrected chi connectivity index (χ4v) is 1.04. The summed E-state index contributed by atoms with van der Waals surface area (Å²) in [4.78, 5) is 8.02. The van der Waals surface area contributed by atoms with Crippen molar-refractivity contribution in [3.8, 4) is 0 Å². The van der Waals surface area contributed by atoms with E-state index in [-0.39, 0.29) is 6.10 Å². The highest BCUT2D eigenvalue weighted by atomic mass is 16.5. The van der Waals surface area contributed by atoms with E-state index >= 15 is 0 Å². The van der Waals surface area contributed by atoms with Crippen LogP contribution in [0.2, 0.25) is 0 Å². The molecule has 0 saturated carbocycles. The molecule has 1 atom stereocenters. The average Bonchev–Trinajstić information content (AvgIpc) is 2.15. The molecular weight excluding hydrogens is 180 g/mol. The van der Waals surface area contributed by atoms with Gasteiger partial charge < -0.3 is 15.8 Å². The fourth-order valence-electron chi connectivity index (χ4n) is 1.04. The number of nitrogen functional groups attached to an aromatic ring is 1. The SMILES string of the molecule is CCOC(C)CNc1nccc(N)n1. The van der Waals surface area contributed by atoms with Crippen molar-refractivity contribution in [2.75, 3.05) is 24.2 Å². The van der Waals surface area contributed by atoms with E-state index in [9.17, 15) is 0 Å². The lowest BCUT2D eigenvalue weighted by Crippen LogP contribution is -2.20. The van der Waals surface area contributed by atoms with Crippen molar-refractivity contribution in [2.24, 2.45) is 0 Å². The van der Waals surface area contributed by atoms with Crippen LogP contribution in [-0.2, 0) is 4.74 Å². The van der Waals surface area contributed by atoms with E-state index in [1.165, 1.54) is 0 Å². The van der Waals surface area contributed by atoms with Crippen molar-refractivity contribution in [3.05, 3.63) is 12.3 Å². The third kappa shape index (κ3) is 3.57. The molecule has 0 aliphatic rings. The van der Waals surface area contributed by atoms with Crippen LogP contribution in [-0.4, -0.2) is 29.2 Å². The highest BCUT2D eigenvalue weighted by Crippen LogP contribution is 2.01. The molecule has 0 fully saturated rings. The Kier molecular flexibility index (Phi) is 4.12. The number of nitrogens with one attached hydrogen (secondary N) is 1. The molecular formula is C9H16N4O. The molecule has 5 heteroatoms. The third-order valence-electron chi connectivity index (χ3n) is 1.68. The molecule has 0 radical (unpaired) electrons. The Hall–Kier alpha value is -1.36. The number of hydrogen-bond acceptors (Lipinski definition) is 5. The van der Waals surface area contributed by atoms with Gasteiger partial charge >= 0.3 is 0 Å². The first-order valence-electron chi connectivity index (χ1n) is 4.66. The molecule has 0 spiro atoms. The Morgan fingerprint density at radius 2 is 2.43 bits per heavy atom. The summed E-state index contributed by atoms with van der Waals surface area (Å²) in [6.45, 7) is 5.34. The van der Waals surface area contributed by atoms with Crippen LogP contribution in [0.15, 0.2) is 12.3 Å². The van der Waals surface area contributed by atoms with Crippen molar-refractivity contribution >= 4 is 11.8 Å². The number of rotatable bonds is 5. The second-order valence-corrected chi connectivity index (χ2v) is 2.95. The van der Waals surface area contributed by atoms with Crippen LogP contribution >= 0.6 is 0 Å². The summed E-state index contributed by atoms with van der Waals surface area (Å²) in [6.07, 6.45) is 1.76. The molecule has 3 N–H and O–H groups in total. The van der Waals surface area contributed by atoms with Crippen LogP contribution in [0.4, 0.5) is 11.8 Å². The molecule has 1 heterocycles. The Labute approximate surface area is 83.7 Å². The fraction of sp³-hybridized carbons (Fsp3) is 0.556. The van der Waals surface area contributed by atoms with E-state index in [0.29, 0.717) is 24.9 Å². The maximum absolute atomic E-state index is 5.50. The molecule has 0 aromatic carbocycles. The second-order valence-electron chi connectivity index (χ2n) is 2.95. The van der Waals surface area contributed by atoms with Gasteiger partial charge in [-0.2, -0.15) is 4.98 Å². The Morgan fingerprint density at radius 3 is 3.07 bits per heavy atom. The van der Waals surface area contributed by atoms with Crippen LogP contribution in [0, 0.1) is 0 Å². The van der Waals surface area contributed by atoms with Crippen LogP contribution < -0.4 is 11.1 Å². The number of hydrogen-bond donors (Lipinski definition) is 2. The Bertz CT molecular complexity index is 279. The van der Waals surface area contributed by atoms with Crippen LogP contribution in [0.5, 0.6) is 0 Å². The zero-order valence-electron chi connectivity index (χ0n) is 8.53. The number of nitrogens with zero attached hydrogens (tertiary/aromatic N) is 2. The van der Waals surface area contributed by atoms with Crippen molar-refractivity contribution in [3.63, 3.8) is 0 Å². The van der Waals surface area contributed by atoms with Crippen LogP contribution in [0.25, 0.3) is 0 Å². The van der Waals surface area contributed by atoms with Crippen molar-refractivity contribution in [1.29, 1.82) is 0 Å². The van der Waals surface area contributed by atoms with Crippen molar-refractivity contribution in [2.45, 2.75) is 20.0 Å². The molecule has 1 rings (SSSR count). The van der Waals surface area contributed by atoms with Gasteiger partial charge in [-0.1, -0.05) is 0 Å². The highest BCUT2D eigenvalue weighted by Gasteiger charge is 2.01. The number of aromatic nitrogens is 2. The summed E-state index contributed by atoms with van der Waals surface area (Å²) < 4.78 is 5.34. The lowest BCUT2D eigenvalue weighted by Gasteiger charge is -2.12. The molecule has 0 saturated heterocycles. The van der Waals surface area contributed by atoms with Crippen LogP contribution in [0.1, 0.15) is 13.8 Å². The summed E-state index contributed by atoms with van der Waals surface area (Å²) >= 11 is 0. The van der Waals surface area contributed by atoms with Gasteiger partial charge in [0.1, 0.15) is 5.82 Å². The predicted molar refractivity (Wildman–Crippen MR) is 56.0 cm³/mol. The molecule has 78 valence electrons. The topological polar surface area (TPSA) is 73.1 Å². The standard InChI is InChI=1S/C9H16N4O/c1-3-14-7(2)6-12-9-11-5-4-8(10)13-9/h4-5,7H,3,6H2,1-2H3,(H3,10,11,12,13). The van der Waals surface area contributed by atoms with Gasteiger partial charge in [0.15, 0.2) is 0 Å². The Morgan fingerprint density at radius 1 is 1.64 bits per heavy atom. The summed E-state index contributed by atoms with van der Waals surface area (Å²) in [5, 5.41) is 3.04. The van der Waals surface area contributed by atoms with E-state index in [4.69, 9.17) is 10.5 Å². The molecule has 1 aromatic heterocycles. The van der Waals surface area contributed by atoms with E-state index in [2.05, 4.69) is 15.3 Å². The van der Waals surface area contributed by atoms with Gasteiger partial charge in [0.2, 0.25) is 5.95 Å². The maximum Gasteiger partial charge on any atom is 0.224 e. The normalized spacial score (nSPS) is 12.4. The second kappa shape index (κ2) is 5.39. The minimum atomic E-state index is 0.144. The first-order chi connectivity index (χ1) is 6.72. The molecule has 0 aliphatic heterocycles. The summed E-state index contributed by atoms with van der Waals surface area (Å²) in [5.41, 5.74) is 5.50. The van der Waals surface area contributed by atoms with Gasteiger partial charge in [0, 0.05) is 19.3 Å². The molecule has 0 bridgehead atoms. The summed E-state index contributed by atoms with van der Waals surface area (Å²) in [6, 6.07) is 1.65. The first-order valence-corrected chi connectivity index (χ1v) is 4.66.